The van der Waals surface area contributed by atoms with Gasteiger partial charge in [0.25, 0.3) is 0 Å². The molecule has 0 aliphatic carbocycles. The first kappa shape index (κ1) is 18.7. The fourth-order valence-corrected chi connectivity index (χ4v) is 2.61. The van der Waals surface area contributed by atoms with Crippen molar-refractivity contribution in [2.75, 3.05) is 0 Å². The fraction of sp³-hybridized carbons (Fsp3) is 0.200. The summed E-state index contributed by atoms with van der Waals surface area (Å²) in [5, 5.41) is 4.11. The van der Waals surface area contributed by atoms with Crippen LogP contribution in [-0.2, 0) is 12.7 Å². The molecule has 0 saturated carbocycles. The molecule has 140 valence electrons. The Kier molecular flexibility index (Phi) is 5.30. The number of aromatic nitrogens is 2. The molecule has 4 nitrogen and oxygen atoms in total. The van der Waals surface area contributed by atoms with Crippen molar-refractivity contribution in [2.24, 2.45) is 0 Å². The van der Waals surface area contributed by atoms with Crippen molar-refractivity contribution in [1.29, 1.82) is 0 Å². The second-order valence-corrected chi connectivity index (χ2v) is 5.99. The highest BCUT2D eigenvalue weighted by molar-refractivity contribution is 5.88. The van der Waals surface area contributed by atoms with E-state index in [1.807, 2.05) is 38.3 Å². The number of aryl methyl sites for hydroxylation is 1. The van der Waals surface area contributed by atoms with Gasteiger partial charge in [0.1, 0.15) is 17.0 Å². The largest absolute Gasteiger partial charge is 0.453 e. The number of nitrogens with zero attached hydrogens (tertiary/aromatic N) is 2. The molecular weight excluding hydrogens is 355 g/mol. The molecule has 0 aliphatic rings. The van der Waals surface area contributed by atoms with Crippen LogP contribution in [0.5, 0.6) is 11.5 Å². The number of benzene rings is 1. The van der Waals surface area contributed by atoms with Crippen LogP contribution in [0.2, 0.25) is 0 Å². The number of allylic oxidation sites excluding steroid dienone is 1. The standard InChI is InChI=1S/C20H18F3N3O/c1-3-8-24-11-14-4-6-17(19-16(14)9-13(2)10-26-19)27-15-5-7-18(25-12-15)20(21,22)23/h3-10,12,24H,11H2,1-2H3. The van der Waals surface area contributed by atoms with E-state index in [1.165, 1.54) is 6.07 Å². The molecule has 0 radical (unpaired) electrons. The zero-order chi connectivity index (χ0) is 19.4. The fourth-order valence-electron chi connectivity index (χ4n) is 2.61. The van der Waals surface area contributed by atoms with Crippen LogP contribution in [0.1, 0.15) is 23.7 Å². The molecule has 27 heavy (non-hydrogen) atoms. The summed E-state index contributed by atoms with van der Waals surface area (Å²) in [4.78, 5) is 7.87. The second kappa shape index (κ2) is 7.65. The highest BCUT2D eigenvalue weighted by atomic mass is 19.4. The first-order valence-corrected chi connectivity index (χ1v) is 8.32. The third kappa shape index (κ3) is 4.36. The third-order valence-corrected chi connectivity index (χ3v) is 3.87. The molecule has 2 heterocycles. The quantitative estimate of drug-likeness (QED) is 0.653. The Balaban J connectivity index is 1.94. The first-order valence-electron chi connectivity index (χ1n) is 8.32. The van der Waals surface area contributed by atoms with E-state index in [0.717, 1.165) is 28.8 Å². The summed E-state index contributed by atoms with van der Waals surface area (Å²) in [5.41, 5.74) is 1.72. The molecule has 1 aromatic carbocycles. The van der Waals surface area contributed by atoms with E-state index in [4.69, 9.17) is 4.74 Å². The second-order valence-electron chi connectivity index (χ2n) is 5.99. The Morgan fingerprint density at radius 1 is 1.11 bits per heavy atom. The Bertz CT molecular complexity index is 967. The minimum absolute atomic E-state index is 0.214. The van der Waals surface area contributed by atoms with Crippen molar-refractivity contribution in [3.05, 3.63) is 71.8 Å². The van der Waals surface area contributed by atoms with Crippen LogP contribution in [0.4, 0.5) is 13.2 Å². The highest BCUT2D eigenvalue weighted by Crippen LogP contribution is 2.33. The SMILES string of the molecule is CC=CNCc1ccc(Oc2ccc(C(F)(F)F)nc2)c2ncc(C)cc12. The molecule has 0 saturated heterocycles. The Labute approximate surface area is 154 Å². The Hall–Kier alpha value is -3.09. The summed E-state index contributed by atoms with van der Waals surface area (Å²) < 4.78 is 43.7. The molecule has 0 aliphatic heterocycles. The minimum Gasteiger partial charge on any atom is -0.453 e. The zero-order valence-electron chi connectivity index (χ0n) is 14.8. The maximum absolute atomic E-state index is 12.6. The highest BCUT2D eigenvalue weighted by Gasteiger charge is 2.32. The molecule has 1 N–H and O–H groups in total. The normalized spacial score (nSPS) is 11.9. The zero-order valence-corrected chi connectivity index (χ0v) is 14.8. The molecule has 0 atom stereocenters. The van der Waals surface area contributed by atoms with Crippen LogP contribution >= 0.6 is 0 Å². The van der Waals surface area contributed by atoms with Crippen LogP contribution in [0.3, 0.4) is 0 Å². The number of hydrogen-bond donors (Lipinski definition) is 1. The summed E-state index contributed by atoms with van der Waals surface area (Å²) in [5.74, 6) is 0.674. The predicted molar refractivity (Wildman–Crippen MR) is 97.4 cm³/mol. The molecule has 0 spiro atoms. The average molecular weight is 373 g/mol. The summed E-state index contributed by atoms with van der Waals surface area (Å²) in [7, 11) is 0. The number of nitrogens with one attached hydrogen (secondary N) is 1. The van der Waals surface area contributed by atoms with E-state index in [9.17, 15) is 13.2 Å². The summed E-state index contributed by atoms with van der Waals surface area (Å²) in [6.07, 6.45) is 2.06. The van der Waals surface area contributed by atoms with E-state index in [-0.39, 0.29) is 5.75 Å². The van der Waals surface area contributed by atoms with E-state index in [1.54, 1.807) is 12.3 Å². The number of halogens is 3. The monoisotopic (exact) mass is 373 g/mol. The molecule has 0 fully saturated rings. The number of ether oxygens (including phenoxy) is 1. The molecule has 3 aromatic rings. The maximum atomic E-state index is 12.6. The maximum Gasteiger partial charge on any atom is 0.433 e. The van der Waals surface area contributed by atoms with Crippen LogP contribution in [-0.4, -0.2) is 9.97 Å². The van der Waals surface area contributed by atoms with Gasteiger partial charge in [-0.15, -0.1) is 0 Å². The van der Waals surface area contributed by atoms with Gasteiger partial charge in [0.15, 0.2) is 5.75 Å². The number of fused-ring (bicyclic) bond motifs is 1. The average Bonchev–Trinajstić information content (AvgIpc) is 2.63. The molecule has 0 bridgehead atoms. The molecule has 7 heteroatoms. The van der Waals surface area contributed by atoms with Gasteiger partial charge >= 0.3 is 6.18 Å². The van der Waals surface area contributed by atoms with Gasteiger partial charge in [-0.2, -0.15) is 13.2 Å². The molecule has 2 aromatic heterocycles. The van der Waals surface area contributed by atoms with Crippen LogP contribution in [0.15, 0.2) is 55.0 Å². The van der Waals surface area contributed by atoms with Gasteiger partial charge in [-0.3, -0.25) is 4.98 Å². The van der Waals surface area contributed by atoms with Crippen molar-refractivity contribution in [1.82, 2.24) is 15.3 Å². The van der Waals surface area contributed by atoms with Crippen LogP contribution in [0.25, 0.3) is 10.9 Å². The van der Waals surface area contributed by atoms with Gasteiger partial charge < -0.3 is 10.1 Å². The van der Waals surface area contributed by atoms with E-state index >= 15 is 0 Å². The van der Waals surface area contributed by atoms with Crippen molar-refractivity contribution in [3.63, 3.8) is 0 Å². The molecular formula is C20H18F3N3O. The summed E-state index contributed by atoms with van der Waals surface area (Å²) >= 11 is 0. The van der Waals surface area contributed by atoms with Gasteiger partial charge in [0, 0.05) is 18.1 Å². The minimum atomic E-state index is -4.48. The lowest BCUT2D eigenvalue weighted by Crippen LogP contribution is -2.07. The number of pyridine rings is 2. The van der Waals surface area contributed by atoms with Crippen molar-refractivity contribution in [2.45, 2.75) is 26.6 Å². The lowest BCUT2D eigenvalue weighted by molar-refractivity contribution is -0.141. The van der Waals surface area contributed by atoms with Gasteiger partial charge in [-0.25, -0.2) is 4.98 Å². The first-order chi connectivity index (χ1) is 12.9. The molecule has 3 rings (SSSR count). The van der Waals surface area contributed by atoms with Crippen molar-refractivity contribution in [3.8, 4) is 11.5 Å². The summed E-state index contributed by atoms with van der Waals surface area (Å²) in [6, 6.07) is 7.82. The lowest BCUT2D eigenvalue weighted by atomic mass is 10.1. The van der Waals surface area contributed by atoms with E-state index in [2.05, 4.69) is 15.3 Å². The smallest absolute Gasteiger partial charge is 0.433 e. The predicted octanol–water partition coefficient (Wildman–Crippen LogP) is 5.37. The molecule has 0 amide bonds. The van der Waals surface area contributed by atoms with Gasteiger partial charge in [0.2, 0.25) is 0 Å². The van der Waals surface area contributed by atoms with Crippen LogP contribution in [0, 0.1) is 6.92 Å². The Morgan fingerprint density at radius 3 is 2.59 bits per heavy atom. The van der Waals surface area contributed by atoms with Gasteiger partial charge in [0.05, 0.1) is 6.20 Å². The molecule has 0 unspecified atom stereocenters. The van der Waals surface area contributed by atoms with Gasteiger partial charge in [-0.1, -0.05) is 12.1 Å². The van der Waals surface area contributed by atoms with Crippen LogP contribution < -0.4 is 10.1 Å². The lowest BCUT2D eigenvalue weighted by Gasteiger charge is -2.13. The van der Waals surface area contributed by atoms with Crippen molar-refractivity contribution >= 4 is 10.9 Å². The number of alkyl halides is 3. The number of rotatable bonds is 5. The summed E-state index contributed by atoms with van der Waals surface area (Å²) in [6.45, 7) is 4.49. The van der Waals surface area contributed by atoms with Crippen molar-refractivity contribution < 1.29 is 17.9 Å². The topological polar surface area (TPSA) is 47.0 Å². The van der Waals surface area contributed by atoms with E-state index < -0.39 is 11.9 Å². The Morgan fingerprint density at radius 2 is 1.93 bits per heavy atom. The third-order valence-electron chi connectivity index (χ3n) is 3.87. The van der Waals surface area contributed by atoms with E-state index in [0.29, 0.717) is 17.8 Å². The number of hydrogen-bond acceptors (Lipinski definition) is 4. The van der Waals surface area contributed by atoms with Gasteiger partial charge in [-0.05, 0) is 55.4 Å².